The van der Waals surface area contributed by atoms with Crippen molar-refractivity contribution in [1.29, 1.82) is 0 Å². The number of hydrogen-bond donors (Lipinski definition) is 2. The molecule has 0 unspecified atom stereocenters. The Morgan fingerprint density at radius 3 is 2.69 bits per heavy atom. The van der Waals surface area contributed by atoms with Gasteiger partial charge in [0.2, 0.25) is 0 Å². The summed E-state index contributed by atoms with van der Waals surface area (Å²) in [6.45, 7) is 6.65. The largest absolute Gasteiger partial charge is 0.478 e. The summed E-state index contributed by atoms with van der Waals surface area (Å²) in [6, 6.07) is 0. The van der Waals surface area contributed by atoms with Crippen molar-refractivity contribution >= 4 is 5.97 Å². The third-order valence-electron chi connectivity index (χ3n) is 1.83. The number of hydrazine groups is 1. The molecule has 5 heteroatoms. The van der Waals surface area contributed by atoms with Gasteiger partial charge in [-0.25, -0.2) is 9.80 Å². The van der Waals surface area contributed by atoms with Gasteiger partial charge in [0, 0.05) is 25.2 Å². The molecule has 0 amide bonds. The maximum Gasteiger partial charge on any atom is 0.332 e. The Hall–Kier alpha value is -0.910. The summed E-state index contributed by atoms with van der Waals surface area (Å²) in [6.07, 6.45) is 0. The third-order valence-corrected chi connectivity index (χ3v) is 1.83. The SMILES string of the molecule is C=C(CNN1CCOCC1)C(=O)O. The maximum atomic E-state index is 10.4. The first-order valence-corrected chi connectivity index (χ1v) is 4.17. The number of rotatable bonds is 4. The number of carboxylic acid groups (broad SMARTS) is 1. The number of nitrogens with one attached hydrogen (secondary N) is 1. The average Bonchev–Trinajstić information content (AvgIpc) is 2.15. The zero-order valence-corrected chi connectivity index (χ0v) is 7.45. The van der Waals surface area contributed by atoms with Crippen molar-refractivity contribution in [3.05, 3.63) is 12.2 Å². The summed E-state index contributed by atoms with van der Waals surface area (Å²) in [5.41, 5.74) is 3.15. The molecule has 0 radical (unpaired) electrons. The molecule has 1 rings (SSSR count). The van der Waals surface area contributed by atoms with E-state index < -0.39 is 5.97 Å². The lowest BCUT2D eigenvalue weighted by Crippen LogP contribution is -2.46. The number of hydrogen-bond acceptors (Lipinski definition) is 4. The van der Waals surface area contributed by atoms with Crippen LogP contribution < -0.4 is 5.43 Å². The van der Waals surface area contributed by atoms with Crippen LogP contribution >= 0.6 is 0 Å². The molecule has 1 saturated heterocycles. The first-order chi connectivity index (χ1) is 6.20. The van der Waals surface area contributed by atoms with E-state index >= 15 is 0 Å². The number of carboxylic acids is 1. The monoisotopic (exact) mass is 186 g/mol. The smallest absolute Gasteiger partial charge is 0.332 e. The molecular weight excluding hydrogens is 172 g/mol. The molecule has 1 heterocycles. The quantitative estimate of drug-likeness (QED) is 0.578. The highest BCUT2D eigenvalue weighted by atomic mass is 16.5. The van der Waals surface area contributed by atoms with Crippen LogP contribution in [0.1, 0.15) is 0 Å². The average molecular weight is 186 g/mol. The number of nitrogens with zero attached hydrogens (tertiary/aromatic N) is 1. The molecule has 1 aliphatic rings. The Balaban J connectivity index is 2.17. The number of aliphatic carboxylic acids is 1. The predicted octanol–water partition coefficient (Wildman–Crippen LogP) is -0.536. The molecule has 13 heavy (non-hydrogen) atoms. The van der Waals surface area contributed by atoms with Crippen LogP contribution in [0.15, 0.2) is 12.2 Å². The second kappa shape index (κ2) is 4.96. The first kappa shape index (κ1) is 10.2. The van der Waals surface area contributed by atoms with Gasteiger partial charge in [0.15, 0.2) is 0 Å². The standard InChI is InChI=1S/C8H14N2O3/c1-7(8(11)12)6-9-10-2-4-13-5-3-10/h9H,1-6H2,(H,11,12). The third kappa shape index (κ3) is 3.54. The maximum absolute atomic E-state index is 10.4. The molecule has 1 fully saturated rings. The van der Waals surface area contributed by atoms with Gasteiger partial charge in [0.05, 0.1) is 13.2 Å². The van der Waals surface area contributed by atoms with Crippen molar-refractivity contribution in [3.8, 4) is 0 Å². The van der Waals surface area contributed by atoms with Crippen LogP contribution in [0.3, 0.4) is 0 Å². The fourth-order valence-electron chi connectivity index (χ4n) is 1.00. The van der Waals surface area contributed by atoms with E-state index in [-0.39, 0.29) is 12.1 Å². The van der Waals surface area contributed by atoms with Crippen molar-refractivity contribution in [2.45, 2.75) is 0 Å². The molecule has 5 nitrogen and oxygen atoms in total. The minimum absolute atomic E-state index is 0.173. The zero-order chi connectivity index (χ0) is 9.68. The molecular formula is C8H14N2O3. The summed E-state index contributed by atoms with van der Waals surface area (Å²) in [5, 5.41) is 10.5. The summed E-state index contributed by atoms with van der Waals surface area (Å²) < 4.78 is 5.13. The molecule has 74 valence electrons. The molecule has 0 bridgehead atoms. The summed E-state index contributed by atoms with van der Waals surface area (Å²) in [5.74, 6) is -0.958. The highest BCUT2D eigenvalue weighted by molar-refractivity contribution is 5.86. The van der Waals surface area contributed by atoms with Crippen LogP contribution in [0.25, 0.3) is 0 Å². The van der Waals surface area contributed by atoms with Crippen LogP contribution in [0, 0.1) is 0 Å². The number of carbonyl (C=O) groups is 1. The number of ether oxygens (including phenoxy) is 1. The van der Waals surface area contributed by atoms with Gasteiger partial charge >= 0.3 is 5.97 Å². The van der Waals surface area contributed by atoms with Crippen LogP contribution in [0.2, 0.25) is 0 Å². The fourth-order valence-corrected chi connectivity index (χ4v) is 1.00. The molecule has 0 saturated carbocycles. The Bertz CT molecular complexity index is 200. The van der Waals surface area contributed by atoms with Crippen LogP contribution in [-0.4, -0.2) is 48.9 Å². The minimum atomic E-state index is -0.958. The fraction of sp³-hybridized carbons (Fsp3) is 0.625. The molecule has 1 aliphatic heterocycles. The van der Waals surface area contributed by atoms with Crippen LogP contribution in [-0.2, 0) is 9.53 Å². The molecule has 0 aliphatic carbocycles. The van der Waals surface area contributed by atoms with E-state index in [1.54, 1.807) is 0 Å². The number of morpholine rings is 1. The van der Waals surface area contributed by atoms with Crippen molar-refractivity contribution in [2.24, 2.45) is 0 Å². The van der Waals surface area contributed by atoms with Crippen molar-refractivity contribution in [2.75, 3.05) is 32.8 Å². The van der Waals surface area contributed by atoms with Crippen LogP contribution in [0.4, 0.5) is 0 Å². The van der Waals surface area contributed by atoms with Gasteiger partial charge in [-0.05, 0) is 0 Å². The van der Waals surface area contributed by atoms with Gasteiger partial charge < -0.3 is 9.84 Å². The van der Waals surface area contributed by atoms with Crippen molar-refractivity contribution in [1.82, 2.24) is 10.4 Å². The van der Waals surface area contributed by atoms with E-state index in [0.29, 0.717) is 13.2 Å². The van der Waals surface area contributed by atoms with Gasteiger partial charge in [0.25, 0.3) is 0 Å². The predicted molar refractivity (Wildman–Crippen MR) is 47.2 cm³/mol. The van der Waals surface area contributed by atoms with Gasteiger partial charge in [-0.3, -0.25) is 5.43 Å². The van der Waals surface area contributed by atoms with E-state index in [2.05, 4.69) is 12.0 Å². The van der Waals surface area contributed by atoms with E-state index in [0.717, 1.165) is 13.1 Å². The molecule has 0 aromatic carbocycles. The second-order valence-electron chi connectivity index (χ2n) is 2.84. The molecule has 0 aromatic rings. The van der Waals surface area contributed by atoms with Gasteiger partial charge in [-0.15, -0.1) is 0 Å². The van der Waals surface area contributed by atoms with E-state index in [1.807, 2.05) is 5.01 Å². The Morgan fingerprint density at radius 1 is 1.54 bits per heavy atom. The zero-order valence-electron chi connectivity index (χ0n) is 7.45. The lowest BCUT2D eigenvalue weighted by Gasteiger charge is -2.27. The lowest BCUT2D eigenvalue weighted by molar-refractivity contribution is -0.132. The molecule has 0 spiro atoms. The van der Waals surface area contributed by atoms with Crippen molar-refractivity contribution in [3.63, 3.8) is 0 Å². The van der Waals surface area contributed by atoms with Gasteiger partial charge in [-0.2, -0.15) is 0 Å². The summed E-state index contributed by atoms with van der Waals surface area (Å²) in [7, 11) is 0. The second-order valence-corrected chi connectivity index (χ2v) is 2.84. The molecule has 0 atom stereocenters. The van der Waals surface area contributed by atoms with Crippen LogP contribution in [0.5, 0.6) is 0 Å². The topological polar surface area (TPSA) is 61.8 Å². The van der Waals surface area contributed by atoms with E-state index in [1.165, 1.54) is 0 Å². The first-order valence-electron chi connectivity index (χ1n) is 4.17. The summed E-state index contributed by atoms with van der Waals surface area (Å²) >= 11 is 0. The summed E-state index contributed by atoms with van der Waals surface area (Å²) in [4.78, 5) is 10.4. The lowest BCUT2D eigenvalue weighted by atomic mass is 10.3. The van der Waals surface area contributed by atoms with E-state index in [4.69, 9.17) is 9.84 Å². The van der Waals surface area contributed by atoms with E-state index in [9.17, 15) is 4.79 Å². The Kier molecular flexibility index (Phi) is 3.88. The van der Waals surface area contributed by atoms with Gasteiger partial charge in [0.1, 0.15) is 0 Å². The Labute approximate surface area is 76.9 Å². The minimum Gasteiger partial charge on any atom is -0.478 e. The molecule has 0 aromatic heterocycles. The Morgan fingerprint density at radius 2 is 2.15 bits per heavy atom. The normalized spacial score (nSPS) is 18.5. The van der Waals surface area contributed by atoms with Gasteiger partial charge in [-0.1, -0.05) is 6.58 Å². The van der Waals surface area contributed by atoms with Crippen molar-refractivity contribution < 1.29 is 14.6 Å². The highest BCUT2D eigenvalue weighted by Crippen LogP contribution is 1.94. The highest BCUT2D eigenvalue weighted by Gasteiger charge is 2.11. The molecule has 2 N–H and O–H groups in total.